The maximum Gasteiger partial charge on any atom is 0.138 e. The van der Waals surface area contributed by atoms with Gasteiger partial charge in [0.05, 0.1) is 5.02 Å². The monoisotopic (exact) mass is 290 g/mol. The second-order valence-corrected chi connectivity index (χ2v) is 5.02. The van der Waals surface area contributed by atoms with Crippen molar-refractivity contribution >= 4 is 11.6 Å². The zero-order valence-electron chi connectivity index (χ0n) is 11.8. The number of halogens is 1. The van der Waals surface area contributed by atoms with E-state index >= 15 is 0 Å². The topological polar surface area (TPSA) is 34.1 Å². The highest BCUT2D eigenvalue weighted by Gasteiger charge is 2.08. The first-order chi connectivity index (χ1) is 9.70. The number of nitrogens with zero attached hydrogens (tertiary/aromatic N) is 1. The molecule has 0 saturated carbocycles. The van der Waals surface area contributed by atoms with Gasteiger partial charge in [0.25, 0.3) is 0 Å². The Labute approximate surface area is 124 Å². The van der Waals surface area contributed by atoms with Gasteiger partial charge in [-0.2, -0.15) is 0 Å². The van der Waals surface area contributed by atoms with Gasteiger partial charge in [-0.25, -0.2) is 0 Å². The predicted octanol–water partition coefficient (Wildman–Crippen LogP) is 3.98. The van der Waals surface area contributed by atoms with Crippen LogP contribution in [0.5, 0.6) is 5.75 Å². The lowest BCUT2D eigenvalue weighted by Gasteiger charge is -2.15. The van der Waals surface area contributed by atoms with Crippen molar-refractivity contribution in [1.82, 2.24) is 10.3 Å². The van der Waals surface area contributed by atoms with Crippen LogP contribution in [-0.2, 0) is 6.61 Å². The lowest BCUT2D eigenvalue weighted by atomic mass is 10.1. The molecule has 1 N–H and O–H groups in total. The Morgan fingerprint density at radius 1 is 1.25 bits per heavy atom. The number of benzene rings is 1. The van der Waals surface area contributed by atoms with E-state index in [1.54, 1.807) is 12.4 Å². The Morgan fingerprint density at radius 2 is 2.00 bits per heavy atom. The number of hydrogen-bond donors (Lipinski definition) is 1. The Bertz CT molecular complexity index is 545. The largest absolute Gasteiger partial charge is 0.487 e. The van der Waals surface area contributed by atoms with E-state index in [0.717, 1.165) is 17.7 Å². The molecule has 4 heteroatoms. The van der Waals surface area contributed by atoms with Gasteiger partial charge in [0.2, 0.25) is 0 Å². The summed E-state index contributed by atoms with van der Waals surface area (Å²) in [6, 6.07) is 10.1. The van der Waals surface area contributed by atoms with Crippen molar-refractivity contribution in [3.8, 4) is 5.75 Å². The molecule has 0 saturated heterocycles. The molecule has 1 unspecified atom stereocenters. The molecular weight excluding hydrogens is 272 g/mol. The van der Waals surface area contributed by atoms with Gasteiger partial charge in [-0.3, -0.25) is 4.98 Å². The van der Waals surface area contributed by atoms with E-state index in [4.69, 9.17) is 16.3 Å². The number of nitrogens with one attached hydrogen (secondary N) is 1. The first-order valence-corrected chi connectivity index (χ1v) is 7.13. The minimum absolute atomic E-state index is 0.284. The molecule has 2 aromatic rings. The third-order valence-electron chi connectivity index (χ3n) is 3.11. The number of ether oxygens (including phenoxy) is 1. The first kappa shape index (κ1) is 14.8. The van der Waals surface area contributed by atoms with Crippen LogP contribution >= 0.6 is 11.6 Å². The average molecular weight is 291 g/mol. The highest BCUT2D eigenvalue weighted by molar-refractivity contribution is 6.32. The van der Waals surface area contributed by atoms with Crippen molar-refractivity contribution in [2.45, 2.75) is 26.5 Å². The molecule has 20 heavy (non-hydrogen) atoms. The van der Waals surface area contributed by atoms with Crippen LogP contribution < -0.4 is 10.1 Å². The zero-order valence-corrected chi connectivity index (χ0v) is 12.5. The summed E-state index contributed by atoms with van der Waals surface area (Å²) in [5.41, 5.74) is 2.23. The van der Waals surface area contributed by atoms with Crippen molar-refractivity contribution < 1.29 is 4.74 Å². The molecule has 0 fully saturated rings. The second kappa shape index (κ2) is 7.27. The van der Waals surface area contributed by atoms with E-state index < -0.39 is 0 Å². The van der Waals surface area contributed by atoms with Crippen LogP contribution in [0.3, 0.4) is 0 Å². The molecule has 0 bridgehead atoms. The first-order valence-electron chi connectivity index (χ1n) is 6.75. The Hall–Kier alpha value is -1.58. The standard InChI is InChI=1S/C16H19ClN2O/c1-3-19-12(2)14-4-5-16(15(17)10-14)20-11-13-6-8-18-9-7-13/h4-10,12,19H,3,11H2,1-2H3. The molecule has 1 aromatic carbocycles. The summed E-state index contributed by atoms with van der Waals surface area (Å²) < 4.78 is 5.74. The minimum Gasteiger partial charge on any atom is -0.487 e. The smallest absolute Gasteiger partial charge is 0.138 e. The summed E-state index contributed by atoms with van der Waals surface area (Å²) in [7, 11) is 0. The predicted molar refractivity (Wildman–Crippen MR) is 82.1 cm³/mol. The number of pyridine rings is 1. The van der Waals surface area contributed by atoms with Gasteiger partial charge in [0, 0.05) is 18.4 Å². The fraction of sp³-hybridized carbons (Fsp3) is 0.312. The molecule has 1 aromatic heterocycles. The molecule has 0 radical (unpaired) electrons. The van der Waals surface area contributed by atoms with Crippen molar-refractivity contribution in [2.24, 2.45) is 0 Å². The third kappa shape index (κ3) is 3.95. The molecule has 0 aliphatic heterocycles. The summed E-state index contributed by atoms with van der Waals surface area (Å²) in [4.78, 5) is 3.98. The maximum absolute atomic E-state index is 6.27. The highest BCUT2D eigenvalue weighted by atomic mass is 35.5. The van der Waals surface area contributed by atoms with Crippen LogP contribution in [-0.4, -0.2) is 11.5 Å². The quantitative estimate of drug-likeness (QED) is 0.873. The zero-order chi connectivity index (χ0) is 14.4. The number of aromatic nitrogens is 1. The Morgan fingerprint density at radius 3 is 2.65 bits per heavy atom. The van der Waals surface area contributed by atoms with E-state index in [9.17, 15) is 0 Å². The van der Waals surface area contributed by atoms with E-state index in [1.165, 1.54) is 0 Å². The van der Waals surface area contributed by atoms with Gasteiger partial charge < -0.3 is 10.1 Å². The fourth-order valence-corrected chi connectivity index (χ4v) is 2.21. The van der Waals surface area contributed by atoms with Crippen LogP contribution in [0.15, 0.2) is 42.7 Å². The summed E-state index contributed by atoms with van der Waals surface area (Å²) in [6.07, 6.45) is 3.50. The van der Waals surface area contributed by atoms with Crippen LogP contribution in [0.25, 0.3) is 0 Å². The van der Waals surface area contributed by atoms with Gasteiger partial charge in [-0.1, -0.05) is 24.6 Å². The van der Waals surface area contributed by atoms with Crippen LogP contribution in [0.4, 0.5) is 0 Å². The molecule has 0 amide bonds. The van der Waals surface area contributed by atoms with Crippen molar-refractivity contribution in [3.05, 3.63) is 58.9 Å². The maximum atomic E-state index is 6.27. The highest BCUT2D eigenvalue weighted by Crippen LogP contribution is 2.28. The molecule has 0 aliphatic rings. The molecule has 0 spiro atoms. The molecule has 106 valence electrons. The van der Waals surface area contributed by atoms with Gasteiger partial charge in [0.15, 0.2) is 0 Å². The summed E-state index contributed by atoms with van der Waals surface area (Å²) in [5.74, 6) is 0.705. The van der Waals surface area contributed by atoms with Gasteiger partial charge in [-0.05, 0) is 48.9 Å². The molecule has 1 heterocycles. The summed E-state index contributed by atoms with van der Waals surface area (Å²) >= 11 is 6.27. The molecule has 0 aliphatic carbocycles. The Balaban J connectivity index is 2.02. The Kier molecular flexibility index (Phi) is 5.39. The van der Waals surface area contributed by atoms with Gasteiger partial charge in [0.1, 0.15) is 12.4 Å². The normalized spacial score (nSPS) is 12.2. The van der Waals surface area contributed by atoms with Gasteiger partial charge in [-0.15, -0.1) is 0 Å². The van der Waals surface area contributed by atoms with E-state index in [1.807, 2.05) is 30.3 Å². The van der Waals surface area contributed by atoms with Crippen LogP contribution in [0.1, 0.15) is 31.0 Å². The van der Waals surface area contributed by atoms with Crippen LogP contribution in [0.2, 0.25) is 5.02 Å². The summed E-state index contributed by atoms with van der Waals surface area (Å²) in [5, 5.41) is 4.00. The van der Waals surface area contributed by atoms with E-state index in [0.29, 0.717) is 17.4 Å². The molecular formula is C16H19ClN2O. The van der Waals surface area contributed by atoms with Crippen LogP contribution in [0, 0.1) is 0 Å². The molecule has 1 atom stereocenters. The lowest BCUT2D eigenvalue weighted by molar-refractivity contribution is 0.306. The minimum atomic E-state index is 0.284. The van der Waals surface area contributed by atoms with Crippen molar-refractivity contribution in [1.29, 1.82) is 0 Å². The molecule has 2 rings (SSSR count). The number of hydrogen-bond acceptors (Lipinski definition) is 3. The SMILES string of the molecule is CCNC(C)c1ccc(OCc2ccncc2)c(Cl)c1. The second-order valence-electron chi connectivity index (χ2n) is 4.61. The third-order valence-corrected chi connectivity index (χ3v) is 3.41. The van der Waals surface area contributed by atoms with Crippen molar-refractivity contribution in [3.63, 3.8) is 0 Å². The molecule has 3 nitrogen and oxygen atoms in total. The number of rotatable bonds is 6. The van der Waals surface area contributed by atoms with E-state index in [2.05, 4.69) is 24.1 Å². The van der Waals surface area contributed by atoms with E-state index in [-0.39, 0.29) is 6.04 Å². The summed E-state index contributed by atoms with van der Waals surface area (Å²) in [6.45, 7) is 5.63. The fourth-order valence-electron chi connectivity index (χ4n) is 1.97. The van der Waals surface area contributed by atoms with Crippen molar-refractivity contribution in [2.75, 3.05) is 6.54 Å². The average Bonchev–Trinajstić information content (AvgIpc) is 2.47. The lowest BCUT2D eigenvalue weighted by Crippen LogP contribution is -2.17. The van der Waals surface area contributed by atoms with Gasteiger partial charge >= 0.3 is 0 Å².